The monoisotopic (exact) mass is 358 g/mol. The lowest BCUT2D eigenvalue weighted by molar-refractivity contribution is 0.190. The Hall–Kier alpha value is -1.69. The standard InChI is InChI=1S/C20H26N2O2S/c1-2-18-9-6-10-20(17-18)25(23,24)22-15-13-21(14-16-22)12-11-19-7-4-3-5-8-19/h3-10,17H,2,11-16H2,1H3. The summed E-state index contributed by atoms with van der Waals surface area (Å²) >= 11 is 0. The molecule has 1 aliphatic rings. The van der Waals surface area contributed by atoms with Crippen molar-refractivity contribution in [3.8, 4) is 0 Å². The maximum Gasteiger partial charge on any atom is 0.243 e. The molecule has 5 heteroatoms. The molecule has 1 saturated heterocycles. The third-order valence-electron chi connectivity index (χ3n) is 4.84. The van der Waals surface area contributed by atoms with Gasteiger partial charge in [0.25, 0.3) is 0 Å². The number of benzene rings is 2. The number of piperazine rings is 1. The molecule has 0 bridgehead atoms. The highest BCUT2D eigenvalue weighted by Crippen LogP contribution is 2.19. The van der Waals surface area contributed by atoms with Crippen LogP contribution in [0.15, 0.2) is 59.5 Å². The van der Waals surface area contributed by atoms with Gasteiger partial charge in [0, 0.05) is 32.7 Å². The van der Waals surface area contributed by atoms with Crippen molar-refractivity contribution < 1.29 is 8.42 Å². The second-order valence-corrected chi connectivity index (χ2v) is 8.42. The van der Waals surface area contributed by atoms with Crippen LogP contribution in [0.2, 0.25) is 0 Å². The van der Waals surface area contributed by atoms with Crippen molar-refractivity contribution in [1.29, 1.82) is 0 Å². The Balaban J connectivity index is 1.57. The van der Waals surface area contributed by atoms with Crippen molar-refractivity contribution in [2.75, 3.05) is 32.7 Å². The second kappa shape index (κ2) is 8.13. The fourth-order valence-electron chi connectivity index (χ4n) is 3.20. The summed E-state index contributed by atoms with van der Waals surface area (Å²) in [4.78, 5) is 2.77. The molecular weight excluding hydrogens is 332 g/mol. The van der Waals surface area contributed by atoms with Crippen molar-refractivity contribution in [2.45, 2.75) is 24.7 Å². The van der Waals surface area contributed by atoms with Gasteiger partial charge in [-0.05, 0) is 36.1 Å². The van der Waals surface area contributed by atoms with E-state index in [-0.39, 0.29) is 0 Å². The molecule has 0 saturated carbocycles. The van der Waals surface area contributed by atoms with Crippen LogP contribution in [0.3, 0.4) is 0 Å². The smallest absolute Gasteiger partial charge is 0.243 e. The molecule has 2 aromatic carbocycles. The lowest BCUT2D eigenvalue weighted by Gasteiger charge is -2.34. The lowest BCUT2D eigenvalue weighted by atomic mass is 10.1. The molecule has 134 valence electrons. The van der Waals surface area contributed by atoms with Crippen LogP contribution in [0.4, 0.5) is 0 Å². The van der Waals surface area contributed by atoms with E-state index in [1.807, 2.05) is 25.1 Å². The fraction of sp³-hybridized carbons (Fsp3) is 0.400. The van der Waals surface area contributed by atoms with Gasteiger partial charge in [-0.25, -0.2) is 8.42 Å². The molecule has 1 fully saturated rings. The lowest BCUT2D eigenvalue weighted by Crippen LogP contribution is -2.49. The van der Waals surface area contributed by atoms with E-state index in [1.165, 1.54) is 5.56 Å². The molecule has 0 atom stereocenters. The molecule has 0 radical (unpaired) electrons. The SMILES string of the molecule is CCc1cccc(S(=O)(=O)N2CCN(CCc3ccccc3)CC2)c1. The zero-order valence-electron chi connectivity index (χ0n) is 14.8. The predicted molar refractivity (Wildman–Crippen MR) is 101 cm³/mol. The van der Waals surface area contributed by atoms with Crippen LogP contribution in [0, 0.1) is 0 Å². The molecule has 0 spiro atoms. The van der Waals surface area contributed by atoms with Gasteiger partial charge in [-0.2, -0.15) is 4.31 Å². The maximum absolute atomic E-state index is 12.8. The summed E-state index contributed by atoms with van der Waals surface area (Å²) in [6.45, 7) is 5.72. The van der Waals surface area contributed by atoms with Crippen LogP contribution in [-0.4, -0.2) is 50.3 Å². The molecular formula is C20H26N2O2S. The Kier molecular flexibility index (Phi) is 5.89. The third-order valence-corrected chi connectivity index (χ3v) is 6.73. The van der Waals surface area contributed by atoms with E-state index in [1.54, 1.807) is 16.4 Å². The summed E-state index contributed by atoms with van der Waals surface area (Å²) in [6.07, 6.45) is 1.85. The van der Waals surface area contributed by atoms with E-state index >= 15 is 0 Å². The largest absolute Gasteiger partial charge is 0.300 e. The van der Waals surface area contributed by atoms with Crippen LogP contribution in [0.25, 0.3) is 0 Å². The Morgan fingerprint density at radius 1 is 0.880 bits per heavy atom. The van der Waals surface area contributed by atoms with Crippen LogP contribution in [0.5, 0.6) is 0 Å². The molecule has 1 aliphatic heterocycles. The van der Waals surface area contributed by atoms with Gasteiger partial charge in [0.05, 0.1) is 4.90 Å². The first-order valence-electron chi connectivity index (χ1n) is 8.95. The summed E-state index contributed by atoms with van der Waals surface area (Å²) in [6, 6.07) is 17.7. The van der Waals surface area contributed by atoms with Crippen LogP contribution in [0.1, 0.15) is 18.1 Å². The summed E-state index contributed by atoms with van der Waals surface area (Å²) < 4.78 is 27.3. The van der Waals surface area contributed by atoms with Crippen LogP contribution < -0.4 is 0 Å². The topological polar surface area (TPSA) is 40.6 Å². The number of aryl methyl sites for hydroxylation is 1. The minimum absolute atomic E-state index is 0.421. The van der Waals surface area contributed by atoms with E-state index in [0.29, 0.717) is 18.0 Å². The van der Waals surface area contributed by atoms with Gasteiger partial charge in [0.15, 0.2) is 0 Å². The Morgan fingerprint density at radius 3 is 2.24 bits per heavy atom. The molecule has 0 unspecified atom stereocenters. The van der Waals surface area contributed by atoms with Crippen molar-refractivity contribution in [1.82, 2.24) is 9.21 Å². The number of hydrogen-bond acceptors (Lipinski definition) is 3. The van der Waals surface area contributed by atoms with E-state index in [4.69, 9.17) is 0 Å². The maximum atomic E-state index is 12.8. The molecule has 1 heterocycles. The molecule has 0 aromatic heterocycles. The number of sulfonamides is 1. The summed E-state index contributed by atoms with van der Waals surface area (Å²) in [5, 5.41) is 0. The Morgan fingerprint density at radius 2 is 1.56 bits per heavy atom. The van der Waals surface area contributed by atoms with Gasteiger partial charge >= 0.3 is 0 Å². The molecule has 0 aliphatic carbocycles. The summed E-state index contributed by atoms with van der Waals surface area (Å²) in [7, 11) is -3.38. The van der Waals surface area contributed by atoms with Crippen molar-refractivity contribution in [2.24, 2.45) is 0 Å². The van der Waals surface area contributed by atoms with Crippen LogP contribution >= 0.6 is 0 Å². The van der Waals surface area contributed by atoms with Crippen LogP contribution in [-0.2, 0) is 22.9 Å². The minimum Gasteiger partial charge on any atom is -0.300 e. The average Bonchev–Trinajstić information content (AvgIpc) is 2.67. The molecule has 0 N–H and O–H groups in total. The minimum atomic E-state index is -3.38. The highest BCUT2D eigenvalue weighted by Gasteiger charge is 2.28. The van der Waals surface area contributed by atoms with Crippen molar-refractivity contribution >= 4 is 10.0 Å². The average molecular weight is 359 g/mol. The normalized spacial score (nSPS) is 16.8. The first-order chi connectivity index (χ1) is 12.1. The second-order valence-electron chi connectivity index (χ2n) is 6.48. The Bertz CT molecular complexity index is 782. The molecule has 3 rings (SSSR count). The fourth-order valence-corrected chi connectivity index (χ4v) is 4.69. The van der Waals surface area contributed by atoms with Crippen molar-refractivity contribution in [3.05, 3.63) is 65.7 Å². The number of hydrogen-bond donors (Lipinski definition) is 0. The highest BCUT2D eigenvalue weighted by atomic mass is 32.2. The third kappa shape index (κ3) is 4.48. The van der Waals surface area contributed by atoms with Gasteiger partial charge in [-0.3, -0.25) is 0 Å². The Labute approximate surface area is 151 Å². The quantitative estimate of drug-likeness (QED) is 0.797. The molecule has 4 nitrogen and oxygen atoms in total. The molecule has 25 heavy (non-hydrogen) atoms. The van der Waals surface area contributed by atoms with Gasteiger partial charge in [0.1, 0.15) is 0 Å². The summed E-state index contributed by atoms with van der Waals surface area (Å²) in [5.74, 6) is 0. The van der Waals surface area contributed by atoms with Gasteiger partial charge in [0.2, 0.25) is 10.0 Å². The van der Waals surface area contributed by atoms with E-state index in [9.17, 15) is 8.42 Å². The zero-order chi connectivity index (χ0) is 17.7. The highest BCUT2D eigenvalue weighted by molar-refractivity contribution is 7.89. The van der Waals surface area contributed by atoms with Gasteiger partial charge in [-0.1, -0.05) is 49.4 Å². The summed E-state index contributed by atoms with van der Waals surface area (Å²) in [5.41, 5.74) is 2.39. The zero-order valence-corrected chi connectivity index (χ0v) is 15.6. The first-order valence-corrected chi connectivity index (χ1v) is 10.4. The van der Waals surface area contributed by atoms with E-state index < -0.39 is 10.0 Å². The van der Waals surface area contributed by atoms with Crippen molar-refractivity contribution in [3.63, 3.8) is 0 Å². The first kappa shape index (κ1) is 18.1. The van der Waals surface area contributed by atoms with Gasteiger partial charge in [-0.15, -0.1) is 0 Å². The van der Waals surface area contributed by atoms with E-state index in [2.05, 4.69) is 29.2 Å². The molecule has 2 aromatic rings. The number of nitrogens with zero attached hydrogens (tertiary/aromatic N) is 2. The molecule has 0 amide bonds. The number of rotatable bonds is 6. The predicted octanol–water partition coefficient (Wildman–Crippen LogP) is 2.80. The van der Waals surface area contributed by atoms with Gasteiger partial charge < -0.3 is 4.90 Å². The van der Waals surface area contributed by atoms with E-state index in [0.717, 1.165) is 38.0 Å².